The van der Waals surface area contributed by atoms with E-state index in [4.69, 9.17) is 9.47 Å². The topological polar surface area (TPSA) is 35.5 Å². The summed E-state index contributed by atoms with van der Waals surface area (Å²) in [5.41, 5.74) is 2.78. The molecule has 0 radical (unpaired) electrons. The molecule has 0 aliphatic heterocycles. The Kier molecular flexibility index (Phi) is 3.91. The monoisotopic (exact) mass is 282 g/mol. The SMILES string of the molecule is CC(=O)Oc1ccccc1Oc1ccc2c(c1)CCCC2. The third kappa shape index (κ3) is 3.24. The van der Waals surface area contributed by atoms with E-state index in [0.717, 1.165) is 18.6 Å². The number of carbonyl (C=O) groups is 1. The van der Waals surface area contributed by atoms with Gasteiger partial charge in [-0.25, -0.2) is 0 Å². The van der Waals surface area contributed by atoms with Crippen LogP contribution in [0.15, 0.2) is 42.5 Å². The van der Waals surface area contributed by atoms with Crippen LogP contribution in [-0.2, 0) is 17.6 Å². The first kappa shape index (κ1) is 13.7. The number of hydrogen-bond donors (Lipinski definition) is 0. The lowest BCUT2D eigenvalue weighted by Gasteiger charge is -2.17. The molecule has 21 heavy (non-hydrogen) atoms. The van der Waals surface area contributed by atoms with E-state index in [9.17, 15) is 4.79 Å². The molecule has 0 unspecified atom stereocenters. The van der Waals surface area contributed by atoms with Gasteiger partial charge in [-0.3, -0.25) is 4.79 Å². The van der Waals surface area contributed by atoms with Gasteiger partial charge in [0.15, 0.2) is 11.5 Å². The van der Waals surface area contributed by atoms with Gasteiger partial charge in [0.05, 0.1) is 0 Å². The Bertz CT molecular complexity index is 661. The van der Waals surface area contributed by atoms with Crippen LogP contribution >= 0.6 is 0 Å². The second kappa shape index (κ2) is 6.00. The minimum atomic E-state index is -0.350. The third-order valence-corrected chi connectivity index (χ3v) is 3.65. The molecular weight excluding hydrogens is 264 g/mol. The molecule has 0 heterocycles. The fraction of sp³-hybridized carbons (Fsp3) is 0.278. The lowest BCUT2D eigenvalue weighted by molar-refractivity contribution is -0.131. The van der Waals surface area contributed by atoms with Gasteiger partial charge in [-0.05, 0) is 61.1 Å². The Labute approximate surface area is 124 Å². The van der Waals surface area contributed by atoms with Crippen molar-refractivity contribution in [3.63, 3.8) is 0 Å². The van der Waals surface area contributed by atoms with Crippen LogP contribution in [-0.4, -0.2) is 5.97 Å². The van der Waals surface area contributed by atoms with E-state index in [1.807, 2.05) is 18.2 Å². The van der Waals surface area contributed by atoms with Gasteiger partial charge in [-0.1, -0.05) is 18.2 Å². The number of aryl methyl sites for hydroxylation is 2. The first-order chi connectivity index (χ1) is 10.2. The van der Waals surface area contributed by atoms with Crippen LogP contribution in [0.2, 0.25) is 0 Å². The highest BCUT2D eigenvalue weighted by atomic mass is 16.6. The van der Waals surface area contributed by atoms with Gasteiger partial charge in [0.2, 0.25) is 0 Å². The molecule has 1 aliphatic rings. The Morgan fingerprint density at radius 2 is 1.67 bits per heavy atom. The molecule has 0 N–H and O–H groups in total. The predicted octanol–water partition coefficient (Wildman–Crippen LogP) is 4.28. The molecule has 0 aromatic heterocycles. The van der Waals surface area contributed by atoms with Crippen LogP contribution < -0.4 is 9.47 Å². The molecule has 108 valence electrons. The second-order valence-corrected chi connectivity index (χ2v) is 5.28. The molecule has 1 aliphatic carbocycles. The van der Waals surface area contributed by atoms with Crippen LogP contribution in [0, 0.1) is 0 Å². The van der Waals surface area contributed by atoms with Gasteiger partial charge in [-0.2, -0.15) is 0 Å². The van der Waals surface area contributed by atoms with Gasteiger partial charge < -0.3 is 9.47 Å². The zero-order valence-electron chi connectivity index (χ0n) is 12.1. The summed E-state index contributed by atoms with van der Waals surface area (Å²) in [6.07, 6.45) is 4.76. The summed E-state index contributed by atoms with van der Waals surface area (Å²) in [5.74, 6) is 1.44. The van der Waals surface area contributed by atoms with Gasteiger partial charge in [0.25, 0.3) is 0 Å². The number of carbonyl (C=O) groups excluding carboxylic acids is 1. The van der Waals surface area contributed by atoms with Gasteiger partial charge in [-0.15, -0.1) is 0 Å². The summed E-state index contributed by atoms with van der Waals surface area (Å²) in [5, 5.41) is 0. The molecule has 0 bridgehead atoms. The summed E-state index contributed by atoms with van der Waals surface area (Å²) >= 11 is 0. The summed E-state index contributed by atoms with van der Waals surface area (Å²) in [7, 11) is 0. The minimum Gasteiger partial charge on any atom is -0.453 e. The maximum atomic E-state index is 11.1. The van der Waals surface area contributed by atoms with Gasteiger partial charge >= 0.3 is 5.97 Å². The summed E-state index contributed by atoms with van der Waals surface area (Å²) in [4.78, 5) is 11.1. The molecule has 0 saturated carbocycles. The first-order valence-corrected chi connectivity index (χ1v) is 7.29. The number of para-hydroxylation sites is 2. The van der Waals surface area contributed by atoms with E-state index in [1.165, 1.54) is 30.9 Å². The average Bonchev–Trinajstić information content (AvgIpc) is 2.49. The van der Waals surface area contributed by atoms with Crippen molar-refractivity contribution in [3.05, 3.63) is 53.6 Å². The predicted molar refractivity (Wildman–Crippen MR) is 80.9 cm³/mol. The van der Waals surface area contributed by atoms with Crippen molar-refractivity contribution >= 4 is 5.97 Å². The van der Waals surface area contributed by atoms with Crippen molar-refractivity contribution in [1.82, 2.24) is 0 Å². The molecule has 0 spiro atoms. The highest BCUT2D eigenvalue weighted by molar-refractivity contribution is 5.70. The molecule has 0 amide bonds. The number of esters is 1. The molecule has 2 aromatic rings. The molecule has 0 saturated heterocycles. The highest BCUT2D eigenvalue weighted by Crippen LogP contribution is 2.33. The van der Waals surface area contributed by atoms with E-state index < -0.39 is 0 Å². The fourth-order valence-corrected chi connectivity index (χ4v) is 2.67. The van der Waals surface area contributed by atoms with E-state index in [-0.39, 0.29) is 5.97 Å². The van der Waals surface area contributed by atoms with E-state index >= 15 is 0 Å². The minimum absolute atomic E-state index is 0.350. The summed E-state index contributed by atoms with van der Waals surface area (Å²) < 4.78 is 11.1. The third-order valence-electron chi connectivity index (χ3n) is 3.65. The van der Waals surface area contributed by atoms with E-state index in [2.05, 4.69) is 12.1 Å². The molecule has 3 rings (SSSR count). The Morgan fingerprint density at radius 3 is 2.43 bits per heavy atom. The van der Waals surface area contributed by atoms with Crippen LogP contribution in [0.4, 0.5) is 0 Å². The van der Waals surface area contributed by atoms with Gasteiger partial charge in [0, 0.05) is 6.92 Å². The molecule has 0 fully saturated rings. The van der Waals surface area contributed by atoms with E-state index in [0.29, 0.717) is 11.5 Å². The van der Waals surface area contributed by atoms with Crippen LogP contribution in [0.5, 0.6) is 17.2 Å². The first-order valence-electron chi connectivity index (χ1n) is 7.29. The van der Waals surface area contributed by atoms with Crippen molar-refractivity contribution in [2.24, 2.45) is 0 Å². The van der Waals surface area contributed by atoms with Gasteiger partial charge in [0.1, 0.15) is 5.75 Å². The summed E-state index contributed by atoms with van der Waals surface area (Å²) in [6.45, 7) is 1.38. The van der Waals surface area contributed by atoms with E-state index in [1.54, 1.807) is 12.1 Å². The molecule has 0 atom stereocenters. The number of fused-ring (bicyclic) bond motifs is 1. The summed E-state index contributed by atoms with van der Waals surface area (Å²) in [6, 6.07) is 13.4. The van der Waals surface area contributed by atoms with Crippen molar-refractivity contribution in [2.45, 2.75) is 32.6 Å². The van der Waals surface area contributed by atoms with Crippen LogP contribution in [0.25, 0.3) is 0 Å². The maximum Gasteiger partial charge on any atom is 0.308 e. The Morgan fingerprint density at radius 1 is 0.952 bits per heavy atom. The van der Waals surface area contributed by atoms with Crippen LogP contribution in [0.3, 0.4) is 0 Å². The van der Waals surface area contributed by atoms with Crippen molar-refractivity contribution in [2.75, 3.05) is 0 Å². The molecular formula is C18H18O3. The standard InChI is InChI=1S/C18H18O3/c1-13(19)20-17-8-4-5-9-18(17)21-16-11-10-14-6-2-3-7-15(14)12-16/h4-5,8-12H,2-3,6-7H2,1H3. The largest absolute Gasteiger partial charge is 0.453 e. The Hall–Kier alpha value is -2.29. The zero-order chi connectivity index (χ0) is 14.7. The smallest absolute Gasteiger partial charge is 0.308 e. The quantitative estimate of drug-likeness (QED) is 0.622. The fourth-order valence-electron chi connectivity index (χ4n) is 2.67. The van der Waals surface area contributed by atoms with Crippen LogP contribution in [0.1, 0.15) is 30.9 Å². The molecule has 3 heteroatoms. The zero-order valence-corrected chi connectivity index (χ0v) is 12.1. The lowest BCUT2D eigenvalue weighted by Crippen LogP contribution is -2.04. The molecule has 3 nitrogen and oxygen atoms in total. The average molecular weight is 282 g/mol. The second-order valence-electron chi connectivity index (χ2n) is 5.28. The van der Waals surface area contributed by atoms with Crippen molar-refractivity contribution in [1.29, 1.82) is 0 Å². The number of hydrogen-bond acceptors (Lipinski definition) is 3. The molecule has 2 aromatic carbocycles. The highest BCUT2D eigenvalue weighted by Gasteiger charge is 2.12. The number of benzene rings is 2. The normalized spacial score (nSPS) is 13.4. The van der Waals surface area contributed by atoms with Crippen molar-refractivity contribution in [3.8, 4) is 17.2 Å². The number of ether oxygens (including phenoxy) is 2. The Balaban J connectivity index is 1.85. The number of rotatable bonds is 3. The lowest BCUT2D eigenvalue weighted by atomic mass is 9.92. The maximum absolute atomic E-state index is 11.1. The van der Waals surface area contributed by atoms with Crippen molar-refractivity contribution < 1.29 is 14.3 Å².